The molecule has 5 rings (SSSR count). The number of likely N-dealkylation sites (tertiary alicyclic amines) is 1. The topological polar surface area (TPSA) is 137 Å². The van der Waals surface area contributed by atoms with E-state index in [1.54, 1.807) is 11.0 Å². The zero-order valence-electron chi connectivity index (χ0n) is 22.2. The molecule has 1 fully saturated rings. The van der Waals surface area contributed by atoms with Crippen LogP contribution >= 0.6 is 11.3 Å². The Balaban J connectivity index is 1.32. The highest BCUT2D eigenvalue weighted by atomic mass is 32.1. The van der Waals surface area contributed by atoms with Gasteiger partial charge in [0.1, 0.15) is 5.69 Å². The summed E-state index contributed by atoms with van der Waals surface area (Å²) < 4.78 is 4.88. The first-order chi connectivity index (χ1) is 18.7. The average molecular weight is 553 g/mol. The molecule has 0 bridgehead atoms. The molecule has 3 aromatic rings. The minimum Gasteiger partial charge on any atom is -0.456 e. The summed E-state index contributed by atoms with van der Waals surface area (Å²) in [5.41, 5.74) is 3.33. The Morgan fingerprint density at radius 3 is 2.72 bits per heavy atom. The van der Waals surface area contributed by atoms with Crippen LogP contribution in [-0.2, 0) is 27.3 Å². The second-order valence-corrected chi connectivity index (χ2v) is 11.3. The molecule has 0 spiro atoms. The Morgan fingerprint density at radius 2 is 1.92 bits per heavy atom. The van der Waals surface area contributed by atoms with E-state index in [9.17, 15) is 19.2 Å². The molecule has 3 N–H and O–H groups in total. The van der Waals surface area contributed by atoms with Gasteiger partial charge in [-0.05, 0) is 38.6 Å². The van der Waals surface area contributed by atoms with E-state index in [4.69, 9.17) is 4.74 Å². The van der Waals surface area contributed by atoms with Gasteiger partial charge in [-0.1, -0.05) is 11.6 Å². The standard InChI is InChI=1S/C27H32N6O5S/c1-15-4-5-18-17(10-15)11-21(28-18)25(36)29-19-7-9-33(24(35)14-38-16(2)34)12-22(19)30-26(37)27-31-20-6-8-32(3)13-23(20)39-27/h4-5,10-11,19,22,28H,6-9,12-14H2,1-3H3,(H,29,36)(H,30,37)/t19-,22+/m0/s1. The minimum absolute atomic E-state index is 0.163. The van der Waals surface area contributed by atoms with Crippen molar-refractivity contribution in [3.8, 4) is 0 Å². The van der Waals surface area contributed by atoms with Crippen LogP contribution in [0.4, 0.5) is 0 Å². The second kappa shape index (κ2) is 11.1. The van der Waals surface area contributed by atoms with E-state index >= 15 is 0 Å². The van der Waals surface area contributed by atoms with Crippen LogP contribution in [0.5, 0.6) is 0 Å². The summed E-state index contributed by atoms with van der Waals surface area (Å²) in [4.78, 5) is 62.9. The van der Waals surface area contributed by atoms with Gasteiger partial charge in [-0.15, -0.1) is 11.3 Å². The average Bonchev–Trinajstić information content (AvgIpc) is 3.52. The normalized spacial score (nSPS) is 19.4. The number of ether oxygens (including phenoxy) is 1. The maximum absolute atomic E-state index is 13.3. The number of thiazole rings is 1. The van der Waals surface area contributed by atoms with Gasteiger partial charge < -0.3 is 30.2 Å². The van der Waals surface area contributed by atoms with E-state index in [1.807, 2.05) is 32.2 Å². The molecule has 3 amide bonds. The molecule has 2 atom stereocenters. The van der Waals surface area contributed by atoms with Crippen LogP contribution in [0.2, 0.25) is 0 Å². The molecule has 0 unspecified atom stereocenters. The number of amides is 3. The fourth-order valence-electron chi connectivity index (χ4n) is 5.02. The number of hydrogen-bond acceptors (Lipinski definition) is 8. The van der Waals surface area contributed by atoms with Crippen molar-refractivity contribution in [2.24, 2.45) is 0 Å². The van der Waals surface area contributed by atoms with Gasteiger partial charge in [0.15, 0.2) is 11.6 Å². The van der Waals surface area contributed by atoms with Crippen LogP contribution in [-0.4, -0.2) is 88.8 Å². The third-order valence-corrected chi connectivity index (χ3v) is 8.22. The van der Waals surface area contributed by atoms with E-state index in [2.05, 4.69) is 25.5 Å². The van der Waals surface area contributed by atoms with E-state index in [0.29, 0.717) is 23.7 Å². The summed E-state index contributed by atoms with van der Waals surface area (Å²) >= 11 is 1.37. The first-order valence-electron chi connectivity index (χ1n) is 13.0. The van der Waals surface area contributed by atoms with Crippen molar-refractivity contribution in [2.75, 3.05) is 33.3 Å². The number of aryl methyl sites for hydroxylation is 1. The van der Waals surface area contributed by atoms with E-state index in [-0.39, 0.29) is 30.9 Å². The molecule has 206 valence electrons. The number of fused-ring (bicyclic) bond motifs is 2. The molecule has 0 saturated carbocycles. The number of nitrogens with one attached hydrogen (secondary N) is 3. The van der Waals surface area contributed by atoms with Crippen molar-refractivity contribution in [1.82, 2.24) is 30.4 Å². The Labute approximate surface area is 229 Å². The molecule has 0 aliphatic carbocycles. The molecular formula is C27H32N6O5S. The number of carbonyl (C=O) groups is 4. The Morgan fingerprint density at radius 1 is 1.13 bits per heavy atom. The largest absolute Gasteiger partial charge is 0.456 e. The summed E-state index contributed by atoms with van der Waals surface area (Å²) in [6, 6.07) is 6.73. The molecule has 0 radical (unpaired) electrons. The van der Waals surface area contributed by atoms with E-state index < -0.39 is 18.1 Å². The molecular weight excluding hydrogens is 520 g/mol. The number of esters is 1. The number of H-pyrrole nitrogens is 1. The van der Waals surface area contributed by atoms with Crippen molar-refractivity contribution in [1.29, 1.82) is 0 Å². The van der Waals surface area contributed by atoms with Gasteiger partial charge in [0, 0.05) is 55.3 Å². The lowest BCUT2D eigenvalue weighted by atomic mass is 9.98. The lowest BCUT2D eigenvalue weighted by Crippen LogP contribution is -2.61. The fraction of sp³-hybridized carbons (Fsp3) is 0.444. The van der Waals surface area contributed by atoms with Crippen LogP contribution in [0.3, 0.4) is 0 Å². The van der Waals surface area contributed by atoms with Crippen LogP contribution in [0.15, 0.2) is 24.3 Å². The smallest absolute Gasteiger partial charge is 0.303 e. The first kappa shape index (κ1) is 26.8. The molecule has 1 saturated heterocycles. The van der Waals surface area contributed by atoms with Crippen LogP contribution in [0, 0.1) is 6.92 Å². The Bertz CT molecular complexity index is 1430. The molecule has 2 aliphatic rings. The molecule has 1 aromatic carbocycles. The number of benzene rings is 1. The number of carbonyl (C=O) groups excluding carboxylic acids is 4. The van der Waals surface area contributed by atoms with Crippen molar-refractivity contribution < 1.29 is 23.9 Å². The first-order valence-corrected chi connectivity index (χ1v) is 13.8. The third kappa shape index (κ3) is 6.12. The maximum Gasteiger partial charge on any atom is 0.303 e. The van der Waals surface area contributed by atoms with E-state index in [0.717, 1.165) is 46.5 Å². The molecule has 12 heteroatoms. The zero-order valence-corrected chi connectivity index (χ0v) is 23.0. The van der Waals surface area contributed by atoms with Gasteiger partial charge in [0.05, 0.1) is 17.8 Å². The Kier molecular flexibility index (Phi) is 7.67. The zero-order chi connectivity index (χ0) is 27.7. The molecule has 2 aliphatic heterocycles. The van der Waals surface area contributed by atoms with Gasteiger partial charge in [-0.2, -0.15) is 0 Å². The Hall–Kier alpha value is -3.77. The van der Waals surface area contributed by atoms with Gasteiger partial charge in [-0.25, -0.2) is 4.98 Å². The van der Waals surface area contributed by atoms with Gasteiger partial charge in [-0.3, -0.25) is 19.2 Å². The molecule has 4 heterocycles. The van der Waals surface area contributed by atoms with Crippen LogP contribution in [0.25, 0.3) is 10.9 Å². The highest BCUT2D eigenvalue weighted by Gasteiger charge is 2.35. The van der Waals surface area contributed by atoms with E-state index in [1.165, 1.54) is 18.3 Å². The summed E-state index contributed by atoms with van der Waals surface area (Å²) in [7, 11) is 2.04. The molecule has 2 aromatic heterocycles. The quantitative estimate of drug-likeness (QED) is 0.395. The number of aromatic nitrogens is 2. The summed E-state index contributed by atoms with van der Waals surface area (Å²) in [5, 5.41) is 7.37. The highest BCUT2D eigenvalue weighted by Crippen LogP contribution is 2.25. The number of rotatable bonds is 6. The van der Waals surface area contributed by atoms with Crippen molar-refractivity contribution in [2.45, 2.75) is 45.3 Å². The second-order valence-electron chi connectivity index (χ2n) is 10.2. The van der Waals surface area contributed by atoms with Crippen LogP contribution < -0.4 is 10.6 Å². The number of hydrogen-bond donors (Lipinski definition) is 3. The minimum atomic E-state index is -0.563. The predicted molar refractivity (Wildman–Crippen MR) is 146 cm³/mol. The number of piperidine rings is 1. The summed E-state index contributed by atoms with van der Waals surface area (Å²) in [5.74, 6) is -1.52. The number of nitrogens with zero attached hydrogens (tertiary/aromatic N) is 3. The van der Waals surface area contributed by atoms with Gasteiger partial charge >= 0.3 is 5.97 Å². The lowest BCUT2D eigenvalue weighted by molar-refractivity contribution is -0.150. The molecule has 11 nitrogen and oxygen atoms in total. The van der Waals surface area contributed by atoms with Crippen molar-refractivity contribution >= 4 is 45.9 Å². The lowest BCUT2D eigenvalue weighted by Gasteiger charge is -2.39. The maximum atomic E-state index is 13.3. The molecule has 39 heavy (non-hydrogen) atoms. The SMILES string of the molecule is CC(=O)OCC(=O)N1CC[C@H](NC(=O)c2cc3cc(C)ccc3[nH]2)[C@H](NC(=O)c2nc3c(s2)CN(C)CC3)C1. The highest BCUT2D eigenvalue weighted by molar-refractivity contribution is 7.13. The number of likely N-dealkylation sites (N-methyl/N-ethyl adjacent to an activating group) is 1. The van der Waals surface area contributed by atoms with Crippen molar-refractivity contribution in [3.05, 3.63) is 51.1 Å². The van der Waals surface area contributed by atoms with Gasteiger partial charge in [0.25, 0.3) is 17.7 Å². The van der Waals surface area contributed by atoms with Crippen molar-refractivity contribution in [3.63, 3.8) is 0 Å². The monoisotopic (exact) mass is 552 g/mol. The number of aromatic amines is 1. The van der Waals surface area contributed by atoms with Crippen LogP contribution in [0.1, 0.15) is 49.8 Å². The summed E-state index contributed by atoms with van der Waals surface area (Å²) in [6.45, 7) is 5.03. The van der Waals surface area contributed by atoms with Gasteiger partial charge in [0.2, 0.25) is 0 Å². The third-order valence-electron chi connectivity index (χ3n) is 7.13. The summed E-state index contributed by atoms with van der Waals surface area (Å²) in [6.07, 6.45) is 1.21. The fourth-order valence-corrected chi connectivity index (χ4v) is 6.11. The predicted octanol–water partition coefficient (Wildman–Crippen LogP) is 1.61.